The minimum absolute atomic E-state index is 0.00854. The average Bonchev–Trinajstić information content (AvgIpc) is 2.37. The zero-order valence-electron chi connectivity index (χ0n) is 10.0. The van der Waals surface area contributed by atoms with Gasteiger partial charge in [0.1, 0.15) is 5.82 Å². The van der Waals surface area contributed by atoms with Gasteiger partial charge in [0.2, 0.25) is 0 Å². The van der Waals surface area contributed by atoms with Crippen molar-refractivity contribution >= 4 is 11.6 Å². The number of halogens is 1. The third kappa shape index (κ3) is 2.47. The zero-order chi connectivity index (χ0) is 13.1. The molecule has 5 nitrogen and oxygen atoms in total. The summed E-state index contributed by atoms with van der Waals surface area (Å²) in [6.45, 7) is 2.83. The minimum atomic E-state index is -0.525. The van der Waals surface area contributed by atoms with Crippen LogP contribution in [0.2, 0.25) is 0 Å². The summed E-state index contributed by atoms with van der Waals surface area (Å²) >= 11 is 0. The Hall–Kier alpha value is -1.98. The Morgan fingerprint density at radius 3 is 3.00 bits per heavy atom. The Balaban J connectivity index is 2.12. The van der Waals surface area contributed by atoms with E-state index in [1.807, 2.05) is 6.92 Å². The van der Waals surface area contributed by atoms with Gasteiger partial charge in [-0.1, -0.05) is 12.1 Å². The number of amides is 1. The number of pyridine rings is 1. The number of nitrogens with zero attached hydrogens (tertiary/aromatic N) is 3. The van der Waals surface area contributed by atoms with Gasteiger partial charge in [-0.2, -0.15) is 0 Å². The van der Waals surface area contributed by atoms with Gasteiger partial charge in [-0.05, 0) is 6.07 Å². The van der Waals surface area contributed by atoms with Gasteiger partial charge in [0, 0.05) is 31.6 Å². The van der Waals surface area contributed by atoms with E-state index in [1.54, 1.807) is 4.90 Å². The van der Waals surface area contributed by atoms with E-state index in [1.165, 1.54) is 12.3 Å². The lowest BCUT2D eigenvalue weighted by molar-refractivity contribution is 0.0733. The van der Waals surface area contributed by atoms with E-state index in [0.29, 0.717) is 25.2 Å². The Morgan fingerprint density at radius 2 is 2.39 bits per heavy atom. The van der Waals surface area contributed by atoms with Crippen LogP contribution in [0.4, 0.5) is 4.39 Å². The largest absolute Gasteiger partial charge is 0.411 e. The van der Waals surface area contributed by atoms with Crippen LogP contribution in [0.25, 0.3) is 0 Å². The molecule has 0 bridgehead atoms. The van der Waals surface area contributed by atoms with Gasteiger partial charge in [-0.15, -0.1) is 0 Å². The number of hydrogen-bond donors (Lipinski definition) is 1. The maximum Gasteiger partial charge on any atom is 0.255 e. The van der Waals surface area contributed by atoms with Crippen molar-refractivity contribution in [2.75, 3.05) is 13.1 Å². The number of hydrogen-bond acceptors (Lipinski definition) is 4. The molecule has 1 N–H and O–H groups in total. The standard InChI is InChI=1S/C12H14FN3O2/c1-8-7-16(3-2-11(8)15-18)12(17)9-4-10(13)6-14-5-9/h4-6,8,18H,2-3,7H2,1H3/b15-11+. The average molecular weight is 251 g/mol. The van der Waals surface area contributed by atoms with Crippen molar-refractivity contribution in [1.82, 2.24) is 9.88 Å². The van der Waals surface area contributed by atoms with Gasteiger partial charge in [0.05, 0.1) is 17.5 Å². The normalized spacial score (nSPS) is 22.2. The predicted molar refractivity (Wildman–Crippen MR) is 63.1 cm³/mol. The van der Waals surface area contributed by atoms with Crippen molar-refractivity contribution < 1.29 is 14.4 Å². The zero-order valence-corrected chi connectivity index (χ0v) is 10.0. The Labute approximate surface area is 104 Å². The fourth-order valence-electron chi connectivity index (χ4n) is 2.07. The molecular weight excluding hydrogens is 237 g/mol. The van der Waals surface area contributed by atoms with E-state index in [9.17, 15) is 9.18 Å². The molecule has 1 aromatic rings. The van der Waals surface area contributed by atoms with Gasteiger partial charge in [-0.25, -0.2) is 4.39 Å². The molecule has 1 saturated heterocycles. The molecule has 1 aliphatic heterocycles. The van der Waals surface area contributed by atoms with Crippen LogP contribution in [0, 0.1) is 11.7 Å². The van der Waals surface area contributed by atoms with E-state index in [4.69, 9.17) is 5.21 Å². The maximum absolute atomic E-state index is 13.0. The molecule has 18 heavy (non-hydrogen) atoms. The molecule has 1 unspecified atom stereocenters. The molecule has 1 aromatic heterocycles. The van der Waals surface area contributed by atoms with Crippen LogP contribution < -0.4 is 0 Å². The highest BCUT2D eigenvalue weighted by Gasteiger charge is 2.26. The van der Waals surface area contributed by atoms with Crippen molar-refractivity contribution in [2.24, 2.45) is 11.1 Å². The van der Waals surface area contributed by atoms with Crippen LogP contribution in [-0.2, 0) is 0 Å². The molecule has 1 amide bonds. The summed E-state index contributed by atoms with van der Waals surface area (Å²) < 4.78 is 13.0. The second kappa shape index (κ2) is 5.12. The second-order valence-corrected chi connectivity index (χ2v) is 4.39. The summed E-state index contributed by atoms with van der Waals surface area (Å²) in [5.74, 6) is -0.761. The highest BCUT2D eigenvalue weighted by molar-refractivity contribution is 5.96. The van der Waals surface area contributed by atoms with Crippen molar-refractivity contribution in [2.45, 2.75) is 13.3 Å². The smallest absolute Gasteiger partial charge is 0.255 e. The van der Waals surface area contributed by atoms with E-state index in [0.717, 1.165) is 6.20 Å². The SMILES string of the molecule is CC1CN(C(=O)c2cncc(F)c2)CC/C1=N\O. The van der Waals surface area contributed by atoms with E-state index >= 15 is 0 Å². The molecule has 0 aliphatic carbocycles. The van der Waals surface area contributed by atoms with Crippen LogP contribution >= 0.6 is 0 Å². The van der Waals surface area contributed by atoms with Crippen molar-refractivity contribution in [3.8, 4) is 0 Å². The number of carbonyl (C=O) groups excluding carboxylic acids is 1. The van der Waals surface area contributed by atoms with Crippen LogP contribution in [0.1, 0.15) is 23.7 Å². The molecule has 0 radical (unpaired) electrons. The lowest BCUT2D eigenvalue weighted by atomic mass is 9.97. The quantitative estimate of drug-likeness (QED) is 0.608. The molecule has 2 rings (SSSR count). The maximum atomic E-state index is 13.0. The molecule has 1 atom stereocenters. The van der Waals surface area contributed by atoms with Crippen LogP contribution in [0.15, 0.2) is 23.6 Å². The highest BCUT2D eigenvalue weighted by Crippen LogP contribution is 2.16. The topological polar surface area (TPSA) is 65.8 Å². The van der Waals surface area contributed by atoms with Crippen LogP contribution in [0.3, 0.4) is 0 Å². The highest BCUT2D eigenvalue weighted by atomic mass is 19.1. The van der Waals surface area contributed by atoms with Crippen LogP contribution in [0.5, 0.6) is 0 Å². The molecule has 0 saturated carbocycles. The molecule has 1 fully saturated rings. The minimum Gasteiger partial charge on any atom is -0.411 e. The number of oxime groups is 1. The van der Waals surface area contributed by atoms with Gasteiger partial charge < -0.3 is 10.1 Å². The van der Waals surface area contributed by atoms with E-state index in [2.05, 4.69) is 10.1 Å². The third-order valence-corrected chi connectivity index (χ3v) is 3.07. The van der Waals surface area contributed by atoms with E-state index in [-0.39, 0.29) is 17.4 Å². The molecular formula is C12H14FN3O2. The number of rotatable bonds is 1. The Kier molecular flexibility index (Phi) is 3.55. The molecule has 0 aromatic carbocycles. The van der Waals surface area contributed by atoms with Gasteiger partial charge in [0.15, 0.2) is 0 Å². The van der Waals surface area contributed by atoms with Gasteiger partial charge >= 0.3 is 0 Å². The summed E-state index contributed by atoms with van der Waals surface area (Å²) in [4.78, 5) is 17.4. The molecule has 0 spiro atoms. The van der Waals surface area contributed by atoms with Gasteiger partial charge in [0.25, 0.3) is 5.91 Å². The molecule has 2 heterocycles. The molecule has 96 valence electrons. The number of piperidine rings is 1. The third-order valence-electron chi connectivity index (χ3n) is 3.07. The fraction of sp³-hybridized carbons (Fsp3) is 0.417. The first-order valence-corrected chi connectivity index (χ1v) is 5.72. The molecule has 1 aliphatic rings. The number of likely N-dealkylation sites (tertiary alicyclic amines) is 1. The van der Waals surface area contributed by atoms with Crippen molar-refractivity contribution in [3.05, 3.63) is 29.8 Å². The summed E-state index contributed by atoms with van der Waals surface area (Å²) in [7, 11) is 0. The van der Waals surface area contributed by atoms with Crippen LogP contribution in [-0.4, -0.2) is 39.8 Å². The fourth-order valence-corrected chi connectivity index (χ4v) is 2.07. The second-order valence-electron chi connectivity index (χ2n) is 4.39. The van der Waals surface area contributed by atoms with Gasteiger partial charge in [-0.3, -0.25) is 9.78 Å². The summed E-state index contributed by atoms with van der Waals surface area (Å²) in [5, 5.41) is 12.0. The Bertz CT molecular complexity index is 490. The summed E-state index contributed by atoms with van der Waals surface area (Å²) in [5.41, 5.74) is 0.933. The summed E-state index contributed by atoms with van der Waals surface area (Å²) in [6.07, 6.45) is 2.95. The number of carbonyl (C=O) groups is 1. The lowest BCUT2D eigenvalue weighted by Gasteiger charge is -2.31. The lowest BCUT2D eigenvalue weighted by Crippen LogP contribution is -2.43. The van der Waals surface area contributed by atoms with E-state index < -0.39 is 5.82 Å². The number of aromatic nitrogens is 1. The Morgan fingerprint density at radius 1 is 1.61 bits per heavy atom. The first kappa shape index (κ1) is 12.5. The van der Waals surface area contributed by atoms with Crippen molar-refractivity contribution in [1.29, 1.82) is 0 Å². The summed E-state index contributed by atoms with van der Waals surface area (Å²) in [6, 6.07) is 1.18. The molecule has 6 heteroatoms. The first-order chi connectivity index (χ1) is 8.61. The monoisotopic (exact) mass is 251 g/mol. The first-order valence-electron chi connectivity index (χ1n) is 5.72. The van der Waals surface area contributed by atoms with Crippen molar-refractivity contribution in [3.63, 3.8) is 0 Å². The predicted octanol–water partition coefficient (Wildman–Crippen LogP) is 1.53.